The molecule has 1 aromatic heterocycles. The van der Waals surface area contributed by atoms with Gasteiger partial charge in [-0.25, -0.2) is 19.0 Å². The minimum Gasteiger partial charge on any atom is -0.491 e. The van der Waals surface area contributed by atoms with Gasteiger partial charge in [-0.3, -0.25) is 0 Å². The first-order valence-electron chi connectivity index (χ1n) is 13.3. The third kappa shape index (κ3) is 10.2. The summed E-state index contributed by atoms with van der Waals surface area (Å²) in [6.07, 6.45) is 0.412. The van der Waals surface area contributed by atoms with Gasteiger partial charge in [0.15, 0.2) is 28.2 Å². The van der Waals surface area contributed by atoms with Crippen molar-refractivity contribution in [1.29, 1.82) is 0 Å². The number of hydrogen-bond acceptors (Lipinski definition) is 10. The molecule has 2 heterocycles. The number of aromatic nitrogens is 1. The number of thiazole rings is 1. The number of carbonyl (C=O) groups excluding carboxylic acids is 2. The van der Waals surface area contributed by atoms with E-state index in [4.69, 9.17) is 23.7 Å². The lowest BCUT2D eigenvalue weighted by atomic mass is 10.2. The fourth-order valence-corrected chi connectivity index (χ4v) is 4.69. The Kier molecular flexibility index (Phi) is 11.0. The van der Waals surface area contributed by atoms with Crippen LogP contribution in [0, 0.1) is 17.7 Å². The van der Waals surface area contributed by atoms with Crippen LogP contribution in [0.4, 0.5) is 14.3 Å². The van der Waals surface area contributed by atoms with Crippen molar-refractivity contribution < 1.29 is 37.7 Å². The lowest BCUT2D eigenvalue weighted by Crippen LogP contribution is -2.34. The summed E-state index contributed by atoms with van der Waals surface area (Å²) in [5.41, 5.74) is 0.106. The van der Waals surface area contributed by atoms with Gasteiger partial charge in [-0.05, 0) is 65.7 Å². The van der Waals surface area contributed by atoms with Crippen LogP contribution in [0.5, 0.6) is 5.75 Å². The quantitative estimate of drug-likeness (QED) is 0.235. The number of esters is 1. The van der Waals surface area contributed by atoms with Crippen molar-refractivity contribution in [2.24, 2.45) is 0 Å². The summed E-state index contributed by atoms with van der Waals surface area (Å²) in [5.74, 6) is 4.10. The van der Waals surface area contributed by atoms with Crippen molar-refractivity contribution in [1.82, 2.24) is 9.88 Å². The van der Waals surface area contributed by atoms with Gasteiger partial charge in [0.05, 0.1) is 26.9 Å². The summed E-state index contributed by atoms with van der Waals surface area (Å²) in [7, 11) is 2.89. The van der Waals surface area contributed by atoms with Gasteiger partial charge in [-0.2, -0.15) is 0 Å². The molecular weight excluding hydrogens is 553 g/mol. The Bertz CT molecular complexity index is 1280. The Balaban J connectivity index is 1.50. The molecule has 1 atom stereocenters. The summed E-state index contributed by atoms with van der Waals surface area (Å²) < 4.78 is 41.8. The summed E-state index contributed by atoms with van der Waals surface area (Å²) in [6.45, 7) is 10.4. The fourth-order valence-electron chi connectivity index (χ4n) is 3.69. The van der Waals surface area contributed by atoms with Gasteiger partial charge < -0.3 is 33.9 Å². The number of nitrogens with zero attached hydrogens (tertiary/aromatic N) is 2. The third-order valence-electron chi connectivity index (χ3n) is 5.62. The number of ether oxygens (including phenoxy) is 5. The predicted molar refractivity (Wildman–Crippen MR) is 153 cm³/mol. The van der Waals surface area contributed by atoms with E-state index in [1.54, 1.807) is 33.9 Å². The van der Waals surface area contributed by atoms with Gasteiger partial charge in [-0.15, -0.1) is 11.3 Å². The second-order valence-corrected chi connectivity index (χ2v) is 11.9. The van der Waals surface area contributed by atoms with Crippen LogP contribution < -0.4 is 10.1 Å². The normalized spacial score (nSPS) is 16.0. The smallest absolute Gasteiger partial charge is 0.410 e. The number of amides is 1. The minimum atomic E-state index is -0.620. The molecule has 0 radical (unpaired) electrons. The molecule has 12 heteroatoms. The third-order valence-corrected chi connectivity index (χ3v) is 6.69. The van der Waals surface area contributed by atoms with Crippen molar-refractivity contribution in [3.8, 4) is 17.6 Å². The Morgan fingerprint density at radius 1 is 1.32 bits per heavy atom. The molecule has 1 aliphatic rings. The average molecular weight is 592 g/mol. The first-order chi connectivity index (χ1) is 19.3. The van der Waals surface area contributed by atoms with E-state index in [0.29, 0.717) is 36.7 Å². The maximum Gasteiger partial charge on any atom is 0.410 e. The molecule has 0 saturated carbocycles. The lowest BCUT2D eigenvalue weighted by molar-refractivity contribution is -0.136. The zero-order valence-electron chi connectivity index (χ0n) is 24.6. The van der Waals surface area contributed by atoms with Gasteiger partial charge in [0.1, 0.15) is 11.7 Å². The molecule has 0 spiro atoms. The number of rotatable bonds is 10. The molecule has 1 aromatic carbocycles. The molecule has 1 unspecified atom stereocenters. The maximum atomic E-state index is 14.6. The highest BCUT2D eigenvalue weighted by atomic mass is 32.1. The number of anilines is 1. The number of methoxy groups -OCH3 is 1. The summed E-state index contributed by atoms with van der Waals surface area (Å²) in [6, 6.07) is 4.45. The van der Waals surface area contributed by atoms with Crippen molar-refractivity contribution in [2.75, 3.05) is 45.8 Å². The number of halogens is 1. The van der Waals surface area contributed by atoms with Crippen LogP contribution in [0.3, 0.4) is 0 Å². The summed E-state index contributed by atoms with van der Waals surface area (Å²) >= 11 is 1.35. The zero-order valence-corrected chi connectivity index (χ0v) is 25.4. The predicted octanol–water partition coefficient (Wildman–Crippen LogP) is 4.86. The van der Waals surface area contributed by atoms with Crippen LogP contribution in [0.25, 0.3) is 0 Å². The maximum absolute atomic E-state index is 14.6. The molecular formula is C29H38FN3O7S. The SMILES string of the molecule is COC(=O)c1nc(NCC2COC(C)(C)O2)sc1CCCOc1ccc(C#CCN(C)C(=O)OC(C)(C)C)cc1F. The minimum absolute atomic E-state index is 0.1000. The molecule has 3 rings (SSSR count). The first kappa shape index (κ1) is 32.1. The average Bonchev–Trinajstić information content (AvgIpc) is 3.46. The van der Waals surface area contributed by atoms with E-state index in [1.165, 1.54) is 35.5 Å². The monoisotopic (exact) mass is 591 g/mol. The highest BCUT2D eigenvalue weighted by Crippen LogP contribution is 2.27. The van der Waals surface area contributed by atoms with Crippen LogP contribution in [-0.2, 0) is 25.4 Å². The van der Waals surface area contributed by atoms with Gasteiger partial charge >= 0.3 is 12.1 Å². The number of benzene rings is 1. The van der Waals surface area contributed by atoms with E-state index in [0.717, 1.165) is 4.88 Å². The molecule has 0 bridgehead atoms. The molecule has 10 nitrogen and oxygen atoms in total. The van der Waals surface area contributed by atoms with E-state index >= 15 is 0 Å². The molecule has 1 saturated heterocycles. The highest BCUT2D eigenvalue weighted by molar-refractivity contribution is 7.15. The number of hydrogen-bond donors (Lipinski definition) is 1. The topological polar surface area (TPSA) is 108 Å². The van der Waals surface area contributed by atoms with E-state index in [-0.39, 0.29) is 30.7 Å². The summed E-state index contributed by atoms with van der Waals surface area (Å²) in [4.78, 5) is 30.7. The van der Waals surface area contributed by atoms with Crippen molar-refractivity contribution in [3.63, 3.8) is 0 Å². The first-order valence-corrected chi connectivity index (χ1v) is 14.1. The van der Waals surface area contributed by atoms with E-state index in [1.807, 2.05) is 13.8 Å². The Morgan fingerprint density at radius 3 is 2.71 bits per heavy atom. The zero-order chi connectivity index (χ0) is 30.2. The van der Waals surface area contributed by atoms with E-state index in [2.05, 4.69) is 22.1 Å². The molecule has 1 aliphatic heterocycles. The van der Waals surface area contributed by atoms with Crippen LogP contribution >= 0.6 is 11.3 Å². The lowest BCUT2D eigenvalue weighted by Gasteiger charge is -2.23. The van der Waals surface area contributed by atoms with E-state index < -0.39 is 29.3 Å². The molecule has 224 valence electrons. The number of nitrogens with one attached hydrogen (secondary N) is 1. The molecule has 2 aromatic rings. The molecule has 0 aliphatic carbocycles. The fraction of sp³-hybridized carbons (Fsp3) is 0.552. The molecule has 1 fully saturated rings. The largest absolute Gasteiger partial charge is 0.491 e. The standard InChI is InChI=1S/C29H38FN3O7S/c1-28(2,3)40-27(35)33(6)14-8-10-19-12-13-22(21(30)16-19)37-15-9-11-23-24(25(34)36-7)32-26(41-23)31-17-20-18-38-29(4,5)39-20/h12-13,16,20H,9,11,14-15,17-18H2,1-7H3,(H,31,32). The van der Waals surface area contributed by atoms with Crippen molar-refractivity contribution in [2.45, 2.75) is 65.0 Å². The molecule has 41 heavy (non-hydrogen) atoms. The van der Waals surface area contributed by atoms with Crippen LogP contribution in [0.2, 0.25) is 0 Å². The van der Waals surface area contributed by atoms with Crippen molar-refractivity contribution >= 4 is 28.5 Å². The van der Waals surface area contributed by atoms with Crippen LogP contribution in [0.1, 0.15) is 62.0 Å². The molecule has 1 amide bonds. The Labute approximate surface area is 244 Å². The van der Waals surface area contributed by atoms with Gasteiger partial charge in [0.25, 0.3) is 0 Å². The second kappa shape index (κ2) is 14.0. The van der Waals surface area contributed by atoms with Gasteiger partial charge in [-0.1, -0.05) is 11.8 Å². The number of aryl methyl sites for hydroxylation is 1. The molecule has 1 N–H and O–H groups in total. The van der Waals surface area contributed by atoms with Crippen molar-refractivity contribution in [3.05, 3.63) is 40.2 Å². The second-order valence-electron chi connectivity index (χ2n) is 10.8. The van der Waals surface area contributed by atoms with Crippen LogP contribution in [-0.4, -0.2) is 79.9 Å². The highest BCUT2D eigenvalue weighted by Gasteiger charge is 2.32. The Hall–Kier alpha value is -3.40. The number of carbonyl (C=O) groups is 2. The Morgan fingerprint density at radius 2 is 2.07 bits per heavy atom. The van der Waals surface area contributed by atoms with E-state index in [9.17, 15) is 14.0 Å². The van der Waals surface area contributed by atoms with Gasteiger partial charge in [0, 0.05) is 24.0 Å². The van der Waals surface area contributed by atoms with Crippen LogP contribution in [0.15, 0.2) is 18.2 Å². The summed E-state index contributed by atoms with van der Waals surface area (Å²) in [5, 5.41) is 3.78. The van der Waals surface area contributed by atoms with Gasteiger partial charge in [0.2, 0.25) is 0 Å².